The minimum Gasteiger partial charge on any atom is -0.482 e. The van der Waals surface area contributed by atoms with Crippen molar-refractivity contribution in [2.75, 3.05) is 19.8 Å². The summed E-state index contributed by atoms with van der Waals surface area (Å²) >= 11 is 0. The molecule has 9 unspecified atom stereocenters. The summed E-state index contributed by atoms with van der Waals surface area (Å²) in [6.45, 7) is 44.6. The van der Waals surface area contributed by atoms with Crippen LogP contribution in [0.1, 0.15) is 328 Å². The van der Waals surface area contributed by atoms with Gasteiger partial charge in [-0.05, 0) is 282 Å². The van der Waals surface area contributed by atoms with Gasteiger partial charge in [0.2, 0.25) is 0 Å². The van der Waals surface area contributed by atoms with Crippen LogP contribution in [0.4, 0.5) is 0 Å². The van der Waals surface area contributed by atoms with E-state index in [-0.39, 0.29) is 67.4 Å². The van der Waals surface area contributed by atoms with Gasteiger partial charge in [0.25, 0.3) is 0 Å². The van der Waals surface area contributed by atoms with Gasteiger partial charge in [-0.3, -0.25) is 0 Å². The Morgan fingerprint density at radius 1 is 0.388 bits per heavy atom. The summed E-state index contributed by atoms with van der Waals surface area (Å²) in [7, 11) is 0. The van der Waals surface area contributed by atoms with Gasteiger partial charge < -0.3 is 28.4 Å². The Balaban J connectivity index is 0.000000201. The van der Waals surface area contributed by atoms with Gasteiger partial charge in [0.1, 0.15) is 34.1 Å². The minimum atomic E-state index is -0.310. The lowest BCUT2D eigenvalue weighted by Crippen LogP contribution is -2.65. The van der Waals surface area contributed by atoms with E-state index in [9.17, 15) is 14.4 Å². The van der Waals surface area contributed by atoms with Crippen LogP contribution in [0.25, 0.3) is 0 Å². The second kappa shape index (κ2) is 34.2. The van der Waals surface area contributed by atoms with Crippen LogP contribution >= 0.6 is 0 Å². The standard InChI is InChI=1S/3C28H42O3.2C2H6.CH4/c1-7-19(2)21-8-10-24(11-9-21)30-17-25(29)31-28(18-26(3,4)5)22-12-20-13-23(28)16-27(6,14-20)15-22;2*1-6-19(4)21-9-11-25(12-10-21)30-18-26(29)31-28(22(7-2)8-3)23-13-20-14-24(28)17-27(5,15-20)16-23;2*1-2;/h8-11,19-20,22-23H,7,12-18H2,1-6H3;2*9-12,19-20,22-24H,6-8,13-18H2,1-5H3;2*1-2H3;1H4. The molecule has 0 heterocycles. The smallest absolute Gasteiger partial charge is 0.344 e. The second-order valence-corrected chi connectivity index (χ2v) is 34.8. The first-order chi connectivity index (χ1) is 46.2. The van der Waals surface area contributed by atoms with Crippen LogP contribution in [0, 0.1) is 86.8 Å². The zero-order valence-corrected chi connectivity index (χ0v) is 65.1. The predicted octanol–water partition coefficient (Wildman–Crippen LogP) is 24.1. The molecule has 12 fully saturated rings. The summed E-state index contributed by atoms with van der Waals surface area (Å²) in [5, 5.41) is 0. The molecule has 552 valence electrons. The summed E-state index contributed by atoms with van der Waals surface area (Å²) in [4.78, 5) is 39.3. The third-order valence-electron chi connectivity index (χ3n) is 26.6. The molecule has 0 saturated heterocycles. The molecule has 12 aliphatic rings. The number of esters is 3. The SMILES string of the molecule is C.CC.CC.CCC(C)c1ccc(OCC(=O)OC2(C(CC)CC)C3CC4CC2CC(C)(C4)C3)cc1.CCC(C)c1ccc(OCC(=O)OC2(C(CC)CC)C3CC4CC2CC(C)(C4)C3)cc1.CCC(C)c1ccc(OCC(=O)OC2(CC(C)(C)C)C3CC4CC2CC(C)(C4)C3)cc1. The van der Waals surface area contributed by atoms with E-state index in [0.717, 1.165) is 86.4 Å². The van der Waals surface area contributed by atoms with Gasteiger partial charge in [-0.25, -0.2) is 14.4 Å². The zero-order valence-electron chi connectivity index (χ0n) is 65.1. The first kappa shape index (κ1) is 80.8. The molecule has 3 aromatic carbocycles. The Morgan fingerprint density at radius 3 is 0.867 bits per heavy atom. The molecule has 9 nitrogen and oxygen atoms in total. The van der Waals surface area contributed by atoms with Crippen LogP contribution in [0.2, 0.25) is 0 Å². The summed E-state index contributed by atoms with van der Waals surface area (Å²) in [6, 6.07) is 24.5. The molecule has 12 bridgehead atoms. The molecule has 9 heteroatoms. The molecule has 12 aliphatic carbocycles. The Hall–Kier alpha value is -4.53. The van der Waals surface area contributed by atoms with Gasteiger partial charge in [-0.1, -0.05) is 182 Å². The predicted molar refractivity (Wildman–Crippen MR) is 405 cm³/mol. The first-order valence-corrected chi connectivity index (χ1v) is 40.0. The number of carbonyl (C=O) groups is 3. The van der Waals surface area contributed by atoms with E-state index >= 15 is 0 Å². The molecule has 0 spiro atoms. The highest BCUT2D eigenvalue weighted by atomic mass is 16.6. The van der Waals surface area contributed by atoms with Crippen molar-refractivity contribution < 1.29 is 42.8 Å². The number of ether oxygens (including phenoxy) is 6. The molecule has 0 amide bonds. The fraction of sp³-hybridized carbons (Fsp3) is 0.764. The van der Waals surface area contributed by atoms with Crippen molar-refractivity contribution in [3.63, 3.8) is 0 Å². The minimum absolute atomic E-state index is 0. The van der Waals surface area contributed by atoms with E-state index in [1.165, 1.54) is 113 Å². The monoisotopic (exact) mass is 1360 g/mol. The van der Waals surface area contributed by atoms with Crippen LogP contribution in [-0.4, -0.2) is 54.5 Å². The topological polar surface area (TPSA) is 107 Å². The van der Waals surface area contributed by atoms with Crippen LogP contribution in [0.5, 0.6) is 17.2 Å². The lowest BCUT2D eigenvalue weighted by Gasteiger charge is -2.65. The van der Waals surface area contributed by atoms with Crippen LogP contribution in [0.3, 0.4) is 0 Å². The van der Waals surface area contributed by atoms with Crippen molar-refractivity contribution in [3.05, 3.63) is 89.5 Å². The summed E-state index contributed by atoms with van der Waals surface area (Å²) in [5.41, 5.74) is 4.58. The molecule has 0 N–H and O–H groups in total. The van der Waals surface area contributed by atoms with E-state index in [0.29, 0.717) is 81.3 Å². The molecule has 15 rings (SSSR count). The molecule has 3 aromatic rings. The maximum absolute atomic E-state index is 13.1. The van der Waals surface area contributed by atoms with Crippen LogP contribution in [0.15, 0.2) is 72.8 Å². The van der Waals surface area contributed by atoms with E-state index in [1.807, 2.05) is 64.1 Å². The molecule has 9 atom stereocenters. The summed E-state index contributed by atoms with van der Waals surface area (Å²) in [5.74, 6) is 9.77. The number of rotatable bonds is 25. The fourth-order valence-corrected chi connectivity index (χ4v) is 22.7. The average molecular weight is 1360 g/mol. The Kier molecular flexibility index (Phi) is 28.2. The highest BCUT2D eigenvalue weighted by Crippen LogP contribution is 2.70. The Bertz CT molecular complexity index is 2770. The van der Waals surface area contributed by atoms with Gasteiger partial charge in [0, 0.05) is 23.7 Å². The van der Waals surface area contributed by atoms with Gasteiger partial charge in [0.15, 0.2) is 19.8 Å². The fourth-order valence-electron chi connectivity index (χ4n) is 22.7. The molecular formula is C89H142O9. The van der Waals surface area contributed by atoms with Crippen molar-refractivity contribution in [1.29, 1.82) is 0 Å². The van der Waals surface area contributed by atoms with Crippen LogP contribution in [-0.2, 0) is 28.6 Å². The Labute approximate surface area is 599 Å². The largest absolute Gasteiger partial charge is 0.482 e. The van der Waals surface area contributed by atoms with Gasteiger partial charge in [0.05, 0.1) is 0 Å². The highest BCUT2D eigenvalue weighted by Gasteiger charge is 2.67. The lowest BCUT2D eigenvalue weighted by molar-refractivity contribution is -0.244. The van der Waals surface area contributed by atoms with E-state index in [2.05, 4.69) is 147 Å². The first-order valence-electron chi connectivity index (χ1n) is 40.0. The number of carbonyl (C=O) groups excluding carboxylic acids is 3. The number of hydrogen-bond acceptors (Lipinski definition) is 9. The third-order valence-corrected chi connectivity index (χ3v) is 26.6. The molecular weight excluding hydrogens is 1210 g/mol. The van der Waals surface area contributed by atoms with E-state index in [1.54, 1.807) is 0 Å². The second-order valence-electron chi connectivity index (χ2n) is 34.8. The van der Waals surface area contributed by atoms with Gasteiger partial charge in [-0.2, -0.15) is 0 Å². The molecule has 98 heavy (non-hydrogen) atoms. The Morgan fingerprint density at radius 2 is 0.633 bits per heavy atom. The molecule has 0 aromatic heterocycles. The van der Waals surface area contributed by atoms with Gasteiger partial charge in [-0.15, -0.1) is 0 Å². The van der Waals surface area contributed by atoms with Crippen molar-refractivity contribution in [3.8, 4) is 17.2 Å². The lowest BCUT2D eigenvalue weighted by atomic mass is 9.42. The number of hydrogen-bond donors (Lipinski definition) is 0. The van der Waals surface area contributed by atoms with Crippen molar-refractivity contribution in [2.45, 2.75) is 328 Å². The average Bonchev–Trinajstić information content (AvgIpc) is 0.722. The van der Waals surface area contributed by atoms with E-state index < -0.39 is 0 Å². The third kappa shape index (κ3) is 17.9. The normalized spacial score (nSPS) is 33.2. The quantitative estimate of drug-likeness (QED) is 0.0605. The summed E-state index contributed by atoms with van der Waals surface area (Å²) in [6.07, 6.45) is 27.5. The number of benzene rings is 3. The van der Waals surface area contributed by atoms with E-state index in [4.69, 9.17) is 28.4 Å². The highest BCUT2D eigenvalue weighted by molar-refractivity contribution is 5.73. The summed E-state index contributed by atoms with van der Waals surface area (Å²) < 4.78 is 37.1. The van der Waals surface area contributed by atoms with Crippen molar-refractivity contribution in [2.24, 2.45) is 86.8 Å². The molecule has 12 saturated carbocycles. The maximum atomic E-state index is 13.1. The van der Waals surface area contributed by atoms with Crippen molar-refractivity contribution in [1.82, 2.24) is 0 Å². The van der Waals surface area contributed by atoms with Gasteiger partial charge >= 0.3 is 17.9 Å². The van der Waals surface area contributed by atoms with Crippen LogP contribution < -0.4 is 14.2 Å². The molecule has 0 aliphatic heterocycles. The van der Waals surface area contributed by atoms with Crippen molar-refractivity contribution >= 4 is 17.9 Å². The maximum Gasteiger partial charge on any atom is 0.344 e. The molecule has 0 radical (unpaired) electrons. The zero-order chi connectivity index (χ0) is 70.9.